The van der Waals surface area contributed by atoms with Crippen LogP contribution in [0, 0.1) is 0 Å². The minimum atomic E-state index is -1.29. The van der Waals surface area contributed by atoms with Crippen LogP contribution in [0.25, 0.3) is 0 Å². The smallest absolute Gasteiger partial charge is 0.330 e. The van der Waals surface area contributed by atoms with Crippen molar-refractivity contribution in [1.29, 1.82) is 0 Å². The number of methoxy groups -OCH3 is 1. The van der Waals surface area contributed by atoms with E-state index in [1.54, 1.807) is 0 Å². The quantitative estimate of drug-likeness (QED) is 0.641. The highest BCUT2D eigenvalue weighted by atomic mass is 31.2. The molecule has 2 N–H and O–H groups in total. The van der Waals surface area contributed by atoms with Crippen molar-refractivity contribution < 1.29 is 19.4 Å². The largest absolute Gasteiger partial charge is 0.388 e. The van der Waals surface area contributed by atoms with Crippen molar-refractivity contribution in [2.24, 2.45) is 0 Å². The SMILES string of the molecule is C=P(C)(C)CCC1O[C@@H](n2cc(CC(C)=O)c(=O)[nH]c2=O)[C@H](OC)[C@@H]1O. The molecule has 1 unspecified atom stereocenters. The molecule has 2 rings (SSSR count). The summed E-state index contributed by atoms with van der Waals surface area (Å²) in [6, 6.07) is 0. The lowest BCUT2D eigenvalue weighted by atomic mass is 10.1. The van der Waals surface area contributed by atoms with E-state index in [2.05, 4.69) is 24.6 Å². The van der Waals surface area contributed by atoms with E-state index in [-0.39, 0.29) is 17.8 Å². The number of Topliss-reactive ketones (excluding diaryl/α,β-unsaturated/α-hetero) is 1. The van der Waals surface area contributed by atoms with Crippen molar-refractivity contribution >= 4 is 19.0 Å². The van der Waals surface area contributed by atoms with Gasteiger partial charge >= 0.3 is 5.69 Å². The molecule has 0 saturated carbocycles. The highest BCUT2D eigenvalue weighted by Gasteiger charge is 2.45. The van der Waals surface area contributed by atoms with Crippen molar-refractivity contribution in [2.45, 2.75) is 44.3 Å². The first-order chi connectivity index (χ1) is 12.0. The summed E-state index contributed by atoms with van der Waals surface area (Å²) in [5.74, 6) is -0.198. The number of aromatic amines is 1. The molecule has 8 nitrogen and oxygen atoms in total. The van der Waals surface area contributed by atoms with Gasteiger partial charge in [-0.1, -0.05) is 0 Å². The maximum absolute atomic E-state index is 12.3. The van der Waals surface area contributed by atoms with Crippen LogP contribution in [0.3, 0.4) is 0 Å². The predicted octanol–water partition coefficient (Wildman–Crippen LogP) is 0.0407. The zero-order valence-corrected chi connectivity index (χ0v) is 16.5. The average Bonchev–Trinajstić information content (AvgIpc) is 2.82. The Morgan fingerprint density at radius 2 is 2.12 bits per heavy atom. The zero-order chi connectivity index (χ0) is 19.6. The summed E-state index contributed by atoms with van der Waals surface area (Å²) in [7, 11) is 1.43. The third-order valence-electron chi connectivity index (χ3n) is 4.36. The van der Waals surface area contributed by atoms with Gasteiger partial charge in [-0.2, -0.15) is 0 Å². The fourth-order valence-electron chi connectivity index (χ4n) is 3.02. The van der Waals surface area contributed by atoms with Gasteiger partial charge in [0.05, 0.1) is 6.10 Å². The molecule has 1 saturated heterocycles. The van der Waals surface area contributed by atoms with Gasteiger partial charge in [0.25, 0.3) is 5.56 Å². The van der Waals surface area contributed by atoms with E-state index in [9.17, 15) is 19.5 Å². The molecule has 146 valence electrons. The van der Waals surface area contributed by atoms with Gasteiger partial charge in [0.15, 0.2) is 6.23 Å². The highest BCUT2D eigenvalue weighted by molar-refractivity contribution is 7.72. The van der Waals surface area contributed by atoms with Crippen LogP contribution in [0.5, 0.6) is 0 Å². The number of ether oxygens (including phenoxy) is 2. The maximum atomic E-state index is 12.3. The summed E-state index contributed by atoms with van der Waals surface area (Å²) in [4.78, 5) is 37.7. The standard InChI is InChI=1S/C17H27N2O6P/c1-10(20)8-11-9-19(17(23)18-15(11)22)16-14(24-2)13(21)12(25-16)6-7-26(3,4)5/h9,12-14,16,21H,3,6-8H2,1-2,4-5H3,(H,18,22,23)/t12?,13-,14-,16-/m1/s1. The lowest BCUT2D eigenvalue weighted by Gasteiger charge is -2.20. The van der Waals surface area contributed by atoms with Gasteiger partial charge in [0.1, 0.15) is 18.0 Å². The number of nitrogens with zero attached hydrogens (tertiary/aromatic N) is 1. The van der Waals surface area contributed by atoms with Crippen LogP contribution < -0.4 is 11.2 Å². The van der Waals surface area contributed by atoms with E-state index in [0.717, 1.165) is 6.16 Å². The minimum Gasteiger partial charge on any atom is -0.388 e. The molecule has 1 aliphatic heterocycles. The number of hydrogen-bond donors (Lipinski definition) is 2. The maximum Gasteiger partial charge on any atom is 0.330 e. The molecule has 0 bridgehead atoms. The number of hydrogen-bond acceptors (Lipinski definition) is 6. The lowest BCUT2D eigenvalue weighted by Crippen LogP contribution is -2.39. The Hall–Kier alpha value is -1.47. The number of nitrogens with one attached hydrogen (secondary N) is 1. The molecule has 9 heteroatoms. The number of carbonyl (C=O) groups excluding carboxylic acids is 1. The van der Waals surface area contributed by atoms with Crippen molar-refractivity contribution in [2.75, 3.05) is 26.6 Å². The van der Waals surface area contributed by atoms with Crippen LogP contribution in [-0.4, -0.2) is 71.7 Å². The number of rotatable bonds is 7. The van der Waals surface area contributed by atoms with Gasteiger partial charge in [-0.25, -0.2) is 4.79 Å². The second kappa shape index (κ2) is 8.05. The van der Waals surface area contributed by atoms with Crippen LogP contribution in [0.4, 0.5) is 0 Å². The predicted molar refractivity (Wildman–Crippen MR) is 102 cm³/mol. The second-order valence-corrected chi connectivity index (χ2v) is 11.7. The average molecular weight is 386 g/mol. The molecule has 26 heavy (non-hydrogen) atoms. The molecule has 0 radical (unpaired) electrons. The van der Waals surface area contributed by atoms with Gasteiger partial charge in [-0.15, -0.1) is 13.2 Å². The van der Waals surface area contributed by atoms with Crippen LogP contribution in [-0.2, 0) is 20.7 Å². The molecule has 1 fully saturated rings. The van der Waals surface area contributed by atoms with Crippen LogP contribution in [0.1, 0.15) is 25.1 Å². The van der Waals surface area contributed by atoms with Gasteiger partial charge < -0.3 is 14.6 Å². The Morgan fingerprint density at radius 1 is 1.46 bits per heavy atom. The third kappa shape index (κ3) is 4.82. The summed E-state index contributed by atoms with van der Waals surface area (Å²) < 4.78 is 12.5. The Balaban J connectivity index is 2.34. The summed E-state index contributed by atoms with van der Waals surface area (Å²) in [5.41, 5.74) is -1.11. The highest BCUT2D eigenvalue weighted by Crippen LogP contribution is 2.39. The van der Waals surface area contributed by atoms with E-state index in [1.807, 2.05) is 0 Å². The van der Waals surface area contributed by atoms with Gasteiger partial charge in [0, 0.05) is 25.3 Å². The molecule has 0 aliphatic carbocycles. The molecule has 0 amide bonds. The molecule has 1 aliphatic rings. The van der Waals surface area contributed by atoms with Crippen molar-refractivity contribution in [3.05, 3.63) is 32.6 Å². The van der Waals surface area contributed by atoms with E-state index in [0.29, 0.717) is 6.42 Å². The first-order valence-corrected chi connectivity index (χ1v) is 11.5. The number of aromatic nitrogens is 2. The monoisotopic (exact) mass is 386 g/mol. The van der Waals surface area contributed by atoms with Gasteiger partial charge in [0.2, 0.25) is 0 Å². The summed E-state index contributed by atoms with van der Waals surface area (Å²) in [6.07, 6.45) is 3.74. The Kier molecular flexibility index (Phi) is 6.45. The molecule has 2 heterocycles. The first kappa shape index (κ1) is 20.8. The van der Waals surface area contributed by atoms with Crippen LogP contribution in [0.15, 0.2) is 15.8 Å². The Morgan fingerprint density at radius 3 is 2.65 bits per heavy atom. The summed E-state index contributed by atoms with van der Waals surface area (Å²) in [5, 5.41) is 10.5. The fourth-order valence-corrected chi connectivity index (χ4v) is 3.98. The number of H-pyrrole nitrogens is 1. The Labute approximate surface area is 152 Å². The number of ketones is 1. The molecule has 0 aromatic carbocycles. The molecule has 0 spiro atoms. The molecule has 4 atom stereocenters. The third-order valence-corrected chi connectivity index (χ3v) is 5.83. The van der Waals surface area contributed by atoms with Crippen LogP contribution in [0.2, 0.25) is 0 Å². The van der Waals surface area contributed by atoms with E-state index < -0.39 is 42.7 Å². The second-order valence-electron chi connectivity index (χ2n) is 7.40. The topological polar surface area (TPSA) is 111 Å². The zero-order valence-electron chi connectivity index (χ0n) is 15.6. The number of aliphatic hydroxyl groups is 1. The molecule has 1 aromatic heterocycles. The lowest BCUT2D eigenvalue weighted by molar-refractivity contribution is -0.116. The number of carbonyl (C=O) groups is 1. The van der Waals surface area contributed by atoms with Gasteiger partial charge in [-0.3, -0.25) is 19.1 Å². The Bertz CT molecular complexity index is 823. The van der Waals surface area contributed by atoms with Crippen molar-refractivity contribution in [3.8, 4) is 0 Å². The van der Waals surface area contributed by atoms with Crippen LogP contribution >= 0.6 is 6.89 Å². The van der Waals surface area contributed by atoms with E-state index >= 15 is 0 Å². The van der Waals surface area contributed by atoms with Crippen molar-refractivity contribution in [1.82, 2.24) is 9.55 Å². The van der Waals surface area contributed by atoms with Gasteiger partial charge in [-0.05, 0) is 32.8 Å². The fraction of sp³-hybridized carbons (Fsp3) is 0.647. The normalized spacial score (nSPS) is 26.2. The summed E-state index contributed by atoms with van der Waals surface area (Å²) >= 11 is 0. The van der Waals surface area contributed by atoms with E-state index in [4.69, 9.17) is 9.47 Å². The van der Waals surface area contributed by atoms with Crippen molar-refractivity contribution in [3.63, 3.8) is 0 Å². The molecular formula is C17H27N2O6P. The number of aliphatic hydroxyl groups excluding tert-OH is 1. The molecule has 1 aromatic rings. The minimum absolute atomic E-state index is 0.0911. The summed E-state index contributed by atoms with van der Waals surface area (Å²) in [6.45, 7) is 4.27. The first-order valence-electron chi connectivity index (χ1n) is 8.41. The molecular weight excluding hydrogens is 359 g/mol. The van der Waals surface area contributed by atoms with E-state index in [1.165, 1.54) is 24.8 Å².